The molecule has 0 aliphatic carbocycles. The zero-order chi connectivity index (χ0) is 13.8. The van der Waals surface area contributed by atoms with E-state index < -0.39 is 0 Å². The summed E-state index contributed by atoms with van der Waals surface area (Å²) in [5.74, 6) is 1.20. The van der Waals surface area contributed by atoms with E-state index in [2.05, 4.69) is 29.0 Å². The summed E-state index contributed by atoms with van der Waals surface area (Å²) in [5.41, 5.74) is 0. The van der Waals surface area contributed by atoms with E-state index in [1.165, 1.54) is 44.4 Å². The van der Waals surface area contributed by atoms with Crippen LogP contribution in [0.3, 0.4) is 0 Å². The molecule has 3 heteroatoms. The number of aliphatic hydroxyl groups is 1. The molecule has 1 aliphatic heterocycles. The van der Waals surface area contributed by atoms with Gasteiger partial charge in [0.05, 0.1) is 19.0 Å². The first-order valence-corrected chi connectivity index (χ1v) is 7.92. The average molecular weight is 266 g/mol. The highest BCUT2D eigenvalue weighted by Gasteiger charge is 2.14. The second-order valence-corrected chi connectivity index (χ2v) is 5.22. The van der Waals surface area contributed by atoms with E-state index in [0.29, 0.717) is 0 Å². The van der Waals surface area contributed by atoms with Gasteiger partial charge in [-0.3, -0.25) is 4.99 Å². The largest absolute Gasteiger partial charge is 0.395 e. The van der Waals surface area contributed by atoms with Gasteiger partial charge in [0.15, 0.2) is 0 Å². The average Bonchev–Trinajstić information content (AvgIpc) is 2.85. The molecule has 0 fully saturated rings. The number of unbranched alkanes of at least 4 members (excludes halogenated alkanes) is 5. The second-order valence-electron chi connectivity index (χ2n) is 5.22. The molecule has 3 nitrogen and oxygen atoms in total. The molecule has 1 rings (SSSR count). The van der Waals surface area contributed by atoms with Crippen LogP contribution in [-0.4, -0.2) is 42.1 Å². The number of hydrogen-bond acceptors (Lipinski definition) is 3. The lowest BCUT2D eigenvalue weighted by Gasteiger charge is -2.18. The van der Waals surface area contributed by atoms with Gasteiger partial charge in [-0.15, -0.1) is 0 Å². The first-order valence-electron chi connectivity index (χ1n) is 7.92. The Morgan fingerprint density at radius 2 is 1.95 bits per heavy atom. The Morgan fingerprint density at radius 3 is 2.68 bits per heavy atom. The van der Waals surface area contributed by atoms with Crippen molar-refractivity contribution < 1.29 is 5.11 Å². The quantitative estimate of drug-likeness (QED) is 0.459. The molecule has 1 N–H and O–H groups in total. The van der Waals surface area contributed by atoms with Crippen molar-refractivity contribution in [1.82, 2.24) is 4.90 Å². The van der Waals surface area contributed by atoms with Crippen LogP contribution in [0.1, 0.15) is 58.3 Å². The van der Waals surface area contributed by atoms with Crippen LogP contribution >= 0.6 is 0 Å². The Hall–Kier alpha value is -0.830. The van der Waals surface area contributed by atoms with Crippen LogP contribution in [-0.2, 0) is 0 Å². The van der Waals surface area contributed by atoms with Crippen LogP contribution in [0, 0.1) is 0 Å². The fraction of sp³-hybridized carbons (Fsp3) is 0.812. The minimum atomic E-state index is 0.233. The molecule has 0 aromatic heterocycles. The summed E-state index contributed by atoms with van der Waals surface area (Å²) in [5, 5.41) is 8.97. The van der Waals surface area contributed by atoms with Crippen LogP contribution in [0.4, 0.5) is 0 Å². The number of rotatable bonds is 11. The highest BCUT2D eigenvalue weighted by molar-refractivity contribution is 5.83. The smallest absolute Gasteiger partial charge is 0.0991 e. The van der Waals surface area contributed by atoms with Crippen LogP contribution in [0.5, 0.6) is 0 Å². The maximum Gasteiger partial charge on any atom is 0.0991 e. The van der Waals surface area contributed by atoms with Gasteiger partial charge in [0.25, 0.3) is 0 Å². The fourth-order valence-electron chi connectivity index (χ4n) is 2.43. The van der Waals surface area contributed by atoms with Crippen molar-refractivity contribution in [3.8, 4) is 0 Å². The first kappa shape index (κ1) is 16.2. The van der Waals surface area contributed by atoms with Gasteiger partial charge in [-0.25, -0.2) is 0 Å². The van der Waals surface area contributed by atoms with E-state index in [1.807, 2.05) is 0 Å². The Bertz CT molecular complexity index is 274. The number of nitrogens with zero attached hydrogens (tertiary/aromatic N) is 2. The minimum Gasteiger partial charge on any atom is -0.395 e. The van der Waals surface area contributed by atoms with Crippen LogP contribution < -0.4 is 0 Å². The van der Waals surface area contributed by atoms with Gasteiger partial charge in [-0.05, 0) is 25.7 Å². The number of aliphatic hydroxyl groups excluding tert-OH is 1. The molecule has 0 saturated heterocycles. The van der Waals surface area contributed by atoms with E-state index in [1.54, 1.807) is 0 Å². The first-order chi connectivity index (χ1) is 9.38. The molecular formula is C16H30N2O. The summed E-state index contributed by atoms with van der Waals surface area (Å²) in [6.07, 6.45) is 14.7. The van der Waals surface area contributed by atoms with E-state index in [-0.39, 0.29) is 6.61 Å². The van der Waals surface area contributed by atoms with Gasteiger partial charge in [0, 0.05) is 19.5 Å². The van der Waals surface area contributed by atoms with Gasteiger partial charge in [0.2, 0.25) is 0 Å². The maximum atomic E-state index is 8.97. The van der Waals surface area contributed by atoms with E-state index in [4.69, 9.17) is 5.11 Å². The molecule has 0 atom stereocenters. The van der Waals surface area contributed by atoms with E-state index in [0.717, 1.165) is 32.5 Å². The molecule has 0 amide bonds. The second kappa shape index (κ2) is 11.0. The lowest BCUT2D eigenvalue weighted by Crippen LogP contribution is -2.30. The third-order valence-electron chi connectivity index (χ3n) is 3.56. The number of hydrogen-bond donors (Lipinski definition) is 1. The minimum absolute atomic E-state index is 0.233. The Kier molecular flexibility index (Phi) is 9.42. The zero-order valence-electron chi connectivity index (χ0n) is 12.5. The highest BCUT2D eigenvalue weighted by Crippen LogP contribution is 2.09. The Labute approximate surface area is 118 Å². The summed E-state index contributed by atoms with van der Waals surface area (Å²) in [7, 11) is 0. The Morgan fingerprint density at radius 1 is 1.16 bits per heavy atom. The standard InChI is InChI=1S/C16H30N2O/c1-2-3-4-5-6-7-8-9-10-11-16-17-12-13-18(16)14-15-19/h7-8,19H,2-6,9-15H2,1H3/b8-7+. The highest BCUT2D eigenvalue weighted by atomic mass is 16.3. The molecule has 1 heterocycles. The summed E-state index contributed by atoms with van der Waals surface area (Å²) in [4.78, 5) is 6.73. The molecule has 0 saturated carbocycles. The number of allylic oxidation sites excluding steroid dienone is 2. The van der Waals surface area contributed by atoms with Crippen molar-refractivity contribution in [2.24, 2.45) is 4.99 Å². The van der Waals surface area contributed by atoms with Gasteiger partial charge >= 0.3 is 0 Å². The summed E-state index contributed by atoms with van der Waals surface area (Å²) < 4.78 is 0. The summed E-state index contributed by atoms with van der Waals surface area (Å²) >= 11 is 0. The number of aliphatic imine (C=N–C) groups is 1. The third-order valence-corrected chi connectivity index (χ3v) is 3.56. The van der Waals surface area contributed by atoms with Crippen molar-refractivity contribution >= 4 is 5.84 Å². The molecule has 0 bridgehead atoms. The van der Waals surface area contributed by atoms with E-state index >= 15 is 0 Å². The normalized spacial score (nSPS) is 15.5. The van der Waals surface area contributed by atoms with E-state index in [9.17, 15) is 0 Å². The number of β-amino-alcohol motifs (C(OH)–C–C–N with tert-alkyl or cyclic N) is 1. The third kappa shape index (κ3) is 7.36. The maximum absolute atomic E-state index is 8.97. The number of amidine groups is 1. The SMILES string of the molecule is CCCCCC/C=C/CCCC1=NCCN1CCO. The summed E-state index contributed by atoms with van der Waals surface area (Å²) in [6, 6.07) is 0. The predicted molar refractivity (Wildman–Crippen MR) is 82.7 cm³/mol. The lowest BCUT2D eigenvalue weighted by molar-refractivity contribution is 0.255. The van der Waals surface area contributed by atoms with Gasteiger partial charge < -0.3 is 10.0 Å². The Balaban J connectivity index is 1.99. The lowest BCUT2D eigenvalue weighted by atomic mass is 10.1. The fourth-order valence-corrected chi connectivity index (χ4v) is 2.43. The van der Waals surface area contributed by atoms with Crippen LogP contribution in [0.25, 0.3) is 0 Å². The van der Waals surface area contributed by atoms with Crippen molar-refractivity contribution in [3.63, 3.8) is 0 Å². The monoisotopic (exact) mass is 266 g/mol. The molecule has 110 valence electrons. The van der Waals surface area contributed by atoms with Gasteiger partial charge in [-0.2, -0.15) is 0 Å². The van der Waals surface area contributed by atoms with Crippen molar-refractivity contribution in [1.29, 1.82) is 0 Å². The molecular weight excluding hydrogens is 236 g/mol. The molecule has 0 radical (unpaired) electrons. The molecule has 0 aromatic rings. The van der Waals surface area contributed by atoms with Crippen LogP contribution in [0.2, 0.25) is 0 Å². The van der Waals surface area contributed by atoms with Gasteiger partial charge in [-0.1, -0.05) is 38.3 Å². The van der Waals surface area contributed by atoms with Crippen molar-refractivity contribution in [3.05, 3.63) is 12.2 Å². The van der Waals surface area contributed by atoms with Crippen LogP contribution in [0.15, 0.2) is 17.1 Å². The molecule has 19 heavy (non-hydrogen) atoms. The van der Waals surface area contributed by atoms with Crippen molar-refractivity contribution in [2.75, 3.05) is 26.2 Å². The zero-order valence-corrected chi connectivity index (χ0v) is 12.5. The predicted octanol–water partition coefficient (Wildman–Crippen LogP) is 3.39. The molecule has 0 unspecified atom stereocenters. The topological polar surface area (TPSA) is 35.8 Å². The molecule has 1 aliphatic rings. The molecule has 0 aromatic carbocycles. The summed E-state index contributed by atoms with van der Waals surface area (Å²) in [6.45, 7) is 5.12. The molecule has 0 spiro atoms. The van der Waals surface area contributed by atoms with Gasteiger partial charge in [0.1, 0.15) is 0 Å². The van der Waals surface area contributed by atoms with Crippen molar-refractivity contribution in [2.45, 2.75) is 58.3 Å².